The van der Waals surface area contributed by atoms with Gasteiger partial charge in [-0.15, -0.1) is 5.10 Å². The molecule has 3 rings (SSSR count). The molecule has 0 fully saturated rings. The molecule has 2 N–H and O–H groups in total. The SMILES string of the molecule is Cc1cc(=O)n2nc(CNc3ccccc3C)nc2[nH]1. The van der Waals surface area contributed by atoms with Crippen molar-refractivity contribution >= 4 is 11.5 Å². The van der Waals surface area contributed by atoms with E-state index in [1.807, 2.05) is 38.1 Å². The van der Waals surface area contributed by atoms with Crippen molar-refractivity contribution in [1.82, 2.24) is 19.6 Å². The van der Waals surface area contributed by atoms with Crippen LogP contribution in [0.5, 0.6) is 0 Å². The topological polar surface area (TPSA) is 75.1 Å². The van der Waals surface area contributed by atoms with Crippen molar-refractivity contribution in [1.29, 1.82) is 0 Å². The number of para-hydroxylation sites is 1. The van der Waals surface area contributed by atoms with Gasteiger partial charge in [0.25, 0.3) is 5.56 Å². The van der Waals surface area contributed by atoms with E-state index in [0.29, 0.717) is 18.1 Å². The molecule has 1 aromatic carbocycles. The lowest BCUT2D eigenvalue weighted by Crippen LogP contribution is -2.14. The molecule has 2 aromatic heterocycles. The van der Waals surface area contributed by atoms with Gasteiger partial charge in [-0.3, -0.25) is 4.79 Å². The number of rotatable bonds is 3. The van der Waals surface area contributed by atoms with Crippen LogP contribution in [-0.2, 0) is 6.54 Å². The summed E-state index contributed by atoms with van der Waals surface area (Å²) in [5.74, 6) is 1.05. The number of nitrogens with one attached hydrogen (secondary N) is 2. The van der Waals surface area contributed by atoms with E-state index in [-0.39, 0.29) is 5.56 Å². The molecular weight excluding hydrogens is 254 g/mol. The maximum absolute atomic E-state index is 11.8. The molecular formula is C14H15N5O. The summed E-state index contributed by atoms with van der Waals surface area (Å²) in [5, 5.41) is 7.47. The normalized spacial score (nSPS) is 10.9. The first-order chi connectivity index (χ1) is 9.63. The molecule has 2 heterocycles. The average molecular weight is 269 g/mol. The fourth-order valence-corrected chi connectivity index (χ4v) is 2.07. The fraction of sp³-hybridized carbons (Fsp3) is 0.214. The van der Waals surface area contributed by atoms with Crippen LogP contribution in [0.2, 0.25) is 0 Å². The minimum atomic E-state index is -0.175. The molecule has 20 heavy (non-hydrogen) atoms. The Hall–Kier alpha value is -2.63. The molecule has 0 aliphatic heterocycles. The molecule has 6 heteroatoms. The van der Waals surface area contributed by atoms with Gasteiger partial charge in [0.05, 0.1) is 6.54 Å². The summed E-state index contributed by atoms with van der Waals surface area (Å²) in [7, 11) is 0. The summed E-state index contributed by atoms with van der Waals surface area (Å²) < 4.78 is 1.28. The second-order valence-electron chi connectivity index (χ2n) is 4.72. The van der Waals surface area contributed by atoms with Gasteiger partial charge < -0.3 is 10.3 Å². The highest BCUT2D eigenvalue weighted by atomic mass is 16.1. The van der Waals surface area contributed by atoms with E-state index in [1.54, 1.807) is 0 Å². The Morgan fingerprint density at radius 2 is 2.10 bits per heavy atom. The minimum Gasteiger partial charge on any atom is -0.377 e. The fourth-order valence-electron chi connectivity index (χ4n) is 2.07. The van der Waals surface area contributed by atoms with Crippen molar-refractivity contribution in [3.8, 4) is 0 Å². The maximum Gasteiger partial charge on any atom is 0.275 e. The van der Waals surface area contributed by atoms with Crippen LogP contribution in [0.3, 0.4) is 0 Å². The third-order valence-corrected chi connectivity index (χ3v) is 3.09. The number of aryl methyl sites for hydroxylation is 2. The van der Waals surface area contributed by atoms with Crippen LogP contribution in [0.4, 0.5) is 5.69 Å². The smallest absolute Gasteiger partial charge is 0.275 e. The van der Waals surface area contributed by atoms with Crippen LogP contribution in [0, 0.1) is 13.8 Å². The van der Waals surface area contributed by atoms with Crippen molar-refractivity contribution in [2.45, 2.75) is 20.4 Å². The molecule has 0 aliphatic rings. The number of aromatic nitrogens is 4. The minimum absolute atomic E-state index is 0.175. The zero-order valence-electron chi connectivity index (χ0n) is 11.3. The molecule has 6 nitrogen and oxygen atoms in total. The summed E-state index contributed by atoms with van der Waals surface area (Å²) in [6.07, 6.45) is 0. The highest BCUT2D eigenvalue weighted by Crippen LogP contribution is 2.13. The number of hydrogen-bond donors (Lipinski definition) is 2. The standard InChI is InChI=1S/C14H15N5O/c1-9-5-3-4-6-11(9)15-8-12-17-14-16-10(2)7-13(20)19(14)18-12/h3-7,15H,8H2,1-2H3,(H,16,17,18). The van der Waals surface area contributed by atoms with E-state index in [4.69, 9.17) is 0 Å². The van der Waals surface area contributed by atoms with Crippen molar-refractivity contribution in [2.24, 2.45) is 0 Å². The van der Waals surface area contributed by atoms with Gasteiger partial charge in [-0.1, -0.05) is 18.2 Å². The van der Waals surface area contributed by atoms with Crippen molar-refractivity contribution in [2.75, 3.05) is 5.32 Å². The number of H-pyrrole nitrogens is 1. The zero-order chi connectivity index (χ0) is 14.1. The van der Waals surface area contributed by atoms with Gasteiger partial charge in [0.2, 0.25) is 5.78 Å². The first-order valence-electron chi connectivity index (χ1n) is 6.38. The van der Waals surface area contributed by atoms with Crippen LogP contribution >= 0.6 is 0 Å². The molecule has 0 spiro atoms. The first-order valence-corrected chi connectivity index (χ1v) is 6.38. The number of fused-ring (bicyclic) bond motifs is 1. The highest BCUT2D eigenvalue weighted by Gasteiger charge is 2.07. The lowest BCUT2D eigenvalue weighted by atomic mass is 10.2. The van der Waals surface area contributed by atoms with Gasteiger partial charge in [-0.2, -0.15) is 9.50 Å². The molecule has 102 valence electrons. The highest BCUT2D eigenvalue weighted by molar-refractivity contribution is 5.50. The van der Waals surface area contributed by atoms with Gasteiger partial charge in [0.15, 0.2) is 5.82 Å². The van der Waals surface area contributed by atoms with Crippen LogP contribution in [0.1, 0.15) is 17.1 Å². The number of aromatic amines is 1. The predicted molar refractivity (Wildman–Crippen MR) is 76.9 cm³/mol. The van der Waals surface area contributed by atoms with Gasteiger partial charge in [0, 0.05) is 17.4 Å². The van der Waals surface area contributed by atoms with E-state index in [2.05, 4.69) is 20.4 Å². The maximum atomic E-state index is 11.8. The van der Waals surface area contributed by atoms with Gasteiger partial charge >= 0.3 is 0 Å². The number of anilines is 1. The molecule has 0 saturated carbocycles. The second-order valence-corrected chi connectivity index (χ2v) is 4.72. The summed E-state index contributed by atoms with van der Waals surface area (Å²) in [5.41, 5.74) is 2.79. The van der Waals surface area contributed by atoms with Gasteiger partial charge in [0.1, 0.15) is 0 Å². The molecule has 0 atom stereocenters. The Labute approximate surface area is 115 Å². The Morgan fingerprint density at radius 3 is 2.90 bits per heavy atom. The lowest BCUT2D eigenvalue weighted by Gasteiger charge is -2.06. The number of hydrogen-bond acceptors (Lipinski definition) is 4. The third-order valence-electron chi connectivity index (χ3n) is 3.09. The quantitative estimate of drug-likeness (QED) is 0.758. The summed E-state index contributed by atoms with van der Waals surface area (Å²) >= 11 is 0. The Bertz CT molecular complexity index is 818. The van der Waals surface area contributed by atoms with Crippen LogP contribution in [-0.4, -0.2) is 19.6 Å². The summed E-state index contributed by atoms with van der Waals surface area (Å²) in [4.78, 5) is 19.1. The number of benzene rings is 1. The molecule has 0 radical (unpaired) electrons. The van der Waals surface area contributed by atoms with Crippen LogP contribution in [0.25, 0.3) is 5.78 Å². The predicted octanol–water partition coefficient (Wildman–Crippen LogP) is 1.65. The van der Waals surface area contributed by atoms with Crippen LogP contribution < -0.4 is 10.9 Å². The summed E-state index contributed by atoms with van der Waals surface area (Å²) in [6.45, 7) is 4.33. The Kier molecular flexibility index (Phi) is 2.98. The molecule has 0 aliphatic carbocycles. The van der Waals surface area contributed by atoms with E-state index in [9.17, 15) is 4.79 Å². The van der Waals surface area contributed by atoms with E-state index in [1.165, 1.54) is 10.6 Å². The van der Waals surface area contributed by atoms with Gasteiger partial charge in [-0.25, -0.2) is 0 Å². The van der Waals surface area contributed by atoms with Crippen LogP contribution in [0.15, 0.2) is 35.1 Å². The Morgan fingerprint density at radius 1 is 1.30 bits per heavy atom. The second kappa shape index (κ2) is 4.80. The first kappa shape index (κ1) is 12.4. The summed E-state index contributed by atoms with van der Waals surface area (Å²) in [6, 6.07) is 9.50. The van der Waals surface area contributed by atoms with E-state index < -0.39 is 0 Å². The van der Waals surface area contributed by atoms with E-state index in [0.717, 1.165) is 16.9 Å². The average Bonchev–Trinajstić information content (AvgIpc) is 2.81. The molecule has 0 saturated heterocycles. The zero-order valence-corrected chi connectivity index (χ0v) is 11.3. The molecule has 0 bridgehead atoms. The molecule has 0 unspecified atom stereocenters. The number of nitrogens with zero attached hydrogens (tertiary/aromatic N) is 3. The monoisotopic (exact) mass is 269 g/mol. The third kappa shape index (κ3) is 2.27. The van der Waals surface area contributed by atoms with Gasteiger partial charge in [-0.05, 0) is 25.5 Å². The largest absolute Gasteiger partial charge is 0.377 e. The molecule has 0 amide bonds. The van der Waals surface area contributed by atoms with Crippen molar-refractivity contribution in [3.63, 3.8) is 0 Å². The molecule has 3 aromatic rings. The lowest BCUT2D eigenvalue weighted by molar-refractivity contribution is 0.852. The van der Waals surface area contributed by atoms with E-state index >= 15 is 0 Å². The van der Waals surface area contributed by atoms with Crippen molar-refractivity contribution in [3.05, 3.63) is 57.8 Å². The van der Waals surface area contributed by atoms with Crippen molar-refractivity contribution < 1.29 is 0 Å². The Balaban J connectivity index is 1.87.